The van der Waals surface area contributed by atoms with Gasteiger partial charge in [-0.2, -0.15) is 0 Å². The summed E-state index contributed by atoms with van der Waals surface area (Å²) in [6.07, 6.45) is 0. The van der Waals surface area contributed by atoms with Crippen LogP contribution in [0.15, 0.2) is 58.9 Å². The maximum atomic E-state index is 12.8. The monoisotopic (exact) mass is 404 g/mol. The van der Waals surface area contributed by atoms with E-state index in [-0.39, 0.29) is 26.2 Å². The zero-order valence-corrected chi connectivity index (χ0v) is 15.3. The molecule has 6 nitrogen and oxygen atoms in total. The number of hydrogen-bond acceptors (Lipinski definition) is 6. The first-order valence-electron chi connectivity index (χ1n) is 7.36. The fourth-order valence-corrected chi connectivity index (χ4v) is 4.75. The molecule has 26 heavy (non-hydrogen) atoms. The van der Waals surface area contributed by atoms with Crippen molar-refractivity contribution in [1.82, 2.24) is 4.98 Å². The second-order valence-corrected chi connectivity index (χ2v) is 9.15. The number of thiazole rings is 1. The molecule has 2 aromatic carbocycles. The van der Waals surface area contributed by atoms with Crippen LogP contribution in [0.25, 0.3) is 11.3 Å². The number of aromatic nitrogens is 1. The fourth-order valence-electron chi connectivity index (χ4n) is 2.71. The Bertz CT molecular complexity index is 1120. The Hall–Kier alpha value is -2.55. The average Bonchev–Trinajstić information content (AvgIpc) is 3.17. The number of benzene rings is 2. The highest BCUT2D eigenvalue weighted by Crippen LogP contribution is 2.42. The standard InChI is InChI=1S/C17H9ClN2O4S2/c18-26(23,24)17-19-13(10-6-2-1-3-7-10)16(25-17)20-14(21)11-8-4-5-9-12(11)15(20)22/h1-9H. The molecule has 3 aromatic rings. The van der Waals surface area contributed by atoms with Crippen LogP contribution in [0.1, 0.15) is 20.7 Å². The van der Waals surface area contributed by atoms with Crippen molar-refractivity contribution in [3.8, 4) is 11.3 Å². The Kier molecular flexibility index (Phi) is 3.91. The molecule has 0 saturated carbocycles. The number of halogens is 1. The number of fused-ring (bicyclic) bond motifs is 1. The first-order chi connectivity index (χ1) is 12.4. The van der Waals surface area contributed by atoms with E-state index in [1.807, 2.05) is 0 Å². The van der Waals surface area contributed by atoms with E-state index in [1.165, 1.54) is 0 Å². The predicted octanol–water partition coefficient (Wildman–Crippen LogP) is 3.54. The quantitative estimate of drug-likeness (QED) is 0.492. The van der Waals surface area contributed by atoms with Gasteiger partial charge in [-0.1, -0.05) is 53.8 Å². The number of nitrogens with zero attached hydrogens (tertiary/aromatic N) is 2. The lowest BCUT2D eigenvalue weighted by Gasteiger charge is -2.13. The van der Waals surface area contributed by atoms with Gasteiger partial charge in [-0.3, -0.25) is 9.59 Å². The molecule has 0 unspecified atom stereocenters. The average molecular weight is 405 g/mol. The van der Waals surface area contributed by atoms with Crippen LogP contribution in [0.5, 0.6) is 0 Å². The highest BCUT2D eigenvalue weighted by atomic mass is 35.7. The van der Waals surface area contributed by atoms with Crippen LogP contribution in [0.3, 0.4) is 0 Å². The third-order valence-electron chi connectivity index (χ3n) is 3.84. The van der Waals surface area contributed by atoms with Gasteiger partial charge in [-0.25, -0.2) is 18.3 Å². The van der Waals surface area contributed by atoms with Gasteiger partial charge in [0.2, 0.25) is 4.34 Å². The summed E-state index contributed by atoms with van der Waals surface area (Å²) in [6.45, 7) is 0. The van der Waals surface area contributed by atoms with Gasteiger partial charge in [-0.05, 0) is 12.1 Å². The van der Waals surface area contributed by atoms with Gasteiger partial charge in [-0.15, -0.1) is 0 Å². The van der Waals surface area contributed by atoms with Gasteiger partial charge < -0.3 is 0 Å². The summed E-state index contributed by atoms with van der Waals surface area (Å²) >= 11 is 0.690. The summed E-state index contributed by atoms with van der Waals surface area (Å²) in [5, 5.41) is 0.127. The molecule has 0 N–H and O–H groups in total. The van der Waals surface area contributed by atoms with Crippen molar-refractivity contribution in [2.24, 2.45) is 0 Å². The SMILES string of the molecule is O=C1c2ccccc2C(=O)N1c1sc(S(=O)(=O)Cl)nc1-c1ccccc1. The van der Waals surface area contributed by atoms with E-state index in [0.717, 1.165) is 4.90 Å². The molecule has 0 atom stereocenters. The van der Waals surface area contributed by atoms with Crippen molar-refractivity contribution in [2.75, 3.05) is 4.90 Å². The van der Waals surface area contributed by atoms with E-state index in [9.17, 15) is 18.0 Å². The van der Waals surface area contributed by atoms with Crippen LogP contribution < -0.4 is 4.90 Å². The van der Waals surface area contributed by atoms with Gasteiger partial charge in [0.15, 0.2) is 0 Å². The van der Waals surface area contributed by atoms with Gasteiger partial charge in [0.25, 0.3) is 20.9 Å². The lowest BCUT2D eigenvalue weighted by Crippen LogP contribution is -2.29. The molecule has 0 aliphatic carbocycles. The lowest BCUT2D eigenvalue weighted by atomic mass is 10.1. The third kappa shape index (κ3) is 2.63. The Morgan fingerprint density at radius 1 is 0.885 bits per heavy atom. The molecular formula is C17H9ClN2O4S2. The molecule has 1 aliphatic heterocycles. The minimum Gasteiger partial charge on any atom is -0.268 e. The Balaban J connectivity index is 1.94. The number of rotatable bonds is 3. The lowest BCUT2D eigenvalue weighted by molar-refractivity contribution is 0.0927. The molecule has 0 saturated heterocycles. The van der Waals surface area contributed by atoms with Gasteiger partial charge in [0.05, 0.1) is 11.1 Å². The second-order valence-electron chi connectivity index (χ2n) is 5.43. The van der Waals surface area contributed by atoms with Gasteiger partial charge in [0.1, 0.15) is 10.7 Å². The van der Waals surface area contributed by atoms with Crippen LogP contribution in [0.2, 0.25) is 0 Å². The molecule has 1 aliphatic rings. The summed E-state index contributed by atoms with van der Waals surface area (Å²) in [7, 11) is 1.32. The molecule has 2 heterocycles. The minimum atomic E-state index is -4.11. The summed E-state index contributed by atoms with van der Waals surface area (Å²) in [5.74, 6) is -1.05. The van der Waals surface area contributed by atoms with E-state index in [0.29, 0.717) is 16.9 Å². The van der Waals surface area contributed by atoms with E-state index in [2.05, 4.69) is 4.98 Å². The smallest absolute Gasteiger partial charge is 0.268 e. The van der Waals surface area contributed by atoms with Crippen LogP contribution in [0, 0.1) is 0 Å². The molecule has 0 fully saturated rings. The minimum absolute atomic E-state index is 0.127. The molecule has 130 valence electrons. The van der Waals surface area contributed by atoms with Crippen molar-refractivity contribution in [2.45, 2.75) is 4.34 Å². The molecule has 0 bridgehead atoms. The van der Waals surface area contributed by atoms with Crippen LogP contribution in [-0.4, -0.2) is 25.2 Å². The predicted molar refractivity (Wildman–Crippen MR) is 98.2 cm³/mol. The van der Waals surface area contributed by atoms with Crippen LogP contribution >= 0.6 is 22.0 Å². The summed E-state index contributed by atoms with van der Waals surface area (Å²) in [6, 6.07) is 15.1. The second kappa shape index (κ2) is 6.01. The van der Waals surface area contributed by atoms with Crippen molar-refractivity contribution in [1.29, 1.82) is 0 Å². The fraction of sp³-hybridized carbons (Fsp3) is 0. The van der Waals surface area contributed by atoms with Crippen molar-refractivity contribution in [3.05, 3.63) is 65.7 Å². The maximum Gasteiger partial charge on any atom is 0.288 e. The Morgan fingerprint density at radius 2 is 1.42 bits per heavy atom. The first-order valence-corrected chi connectivity index (χ1v) is 10.5. The maximum absolute atomic E-state index is 12.8. The Morgan fingerprint density at radius 3 is 1.96 bits per heavy atom. The topological polar surface area (TPSA) is 84.4 Å². The number of anilines is 1. The number of imide groups is 1. The van der Waals surface area contributed by atoms with Crippen LogP contribution in [0.4, 0.5) is 5.00 Å². The van der Waals surface area contributed by atoms with Crippen molar-refractivity contribution in [3.63, 3.8) is 0 Å². The number of carbonyl (C=O) groups excluding carboxylic acids is 2. The third-order valence-corrected chi connectivity index (χ3v) is 6.81. The van der Waals surface area contributed by atoms with E-state index in [1.54, 1.807) is 54.6 Å². The Labute approximate surface area is 157 Å². The molecule has 4 rings (SSSR count). The molecule has 2 amide bonds. The first kappa shape index (κ1) is 16.9. The normalized spacial score (nSPS) is 14.0. The number of amides is 2. The van der Waals surface area contributed by atoms with Gasteiger partial charge in [0, 0.05) is 16.2 Å². The summed E-state index contributed by atoms with van der Waals surface area (Å²) in [5.41, 5.74) is 1.31. The highest BCUT2D eigenvalue weighted by molar-refractivity contribution is 8.15. The van der Waals surface area contributed by atoms with E-state index < -0.39 is 20.9 Å². The summed E-state index contributed by atoms with van der Waals surface area (Å²) < 4.78 is 23.1. The van der Waals surface area contributed by atoms with Gasteiger partial charge >= 0.3 is 0 Å². The van der Waals surface area contributed by atoms with Crippen molar-refractivity contribution >= 4 is 47.9 Å². The zero-order valence-electron chi connectivity index (χ0n) is 12.9. The molecule has 1 aromatic heterocycles. The molecular weight excluding hydrogens is 396 g/mol. The molecule has 0 spiro atoms. The van der Waals surface area contributed by atoms with E-state index >= 15 is 0 Å². The summed E-state index contributed by atoms with van der Waals surface area (Å²) in [4.78, 5) is 30.5. The number of carbonyl (C=O) groups is 2. The zero-order chi connectivity index (χ0) is 18.5. The molecule has 9 heteroatoms. The molecule has 0 radical (unpaired) electrons. The highest BCUT2D eigenvalue weighted by Gasteiger charge is 2.40. The van der Waals surface area contributed by atoms with Crippen molar-refractivity contribution < 1.29 is 18.0 Å². The van der Waals surface area contributed by atoms with Crippen LogP contribution in [-0.2, 0) is 9.05 Å². The van der Waals surface area contributed by atoms with E-state index in [4.69, 9.17) is 10.7 Å². The largest absolute Gasteiger partial charge is 0.288 e. The number of hydrogen-bond donors (Lipinski definition) is 0.